The van der Waals surface area contributed by atoms with Gasteiger partial charge in [0.1, 0.15) is 5.69 Å². The Hall–Kier alpha value is -3.46. The molecule has 1 saturated heterocycles. The molecule has 2 fully saturated rings. The number of likely N-dealkylation sites (N-methyl/N-ethyl adjacent to an activating group) is 1. The van der Waals surface area contributed by atoms with Crippen LogP contribution >= 0.6 is 0 Å². The van der Waals surface area contributed by atoms with Crippen molar-refractivity contribution < 1.29 is 4.79 Å². The molecule has 2 heterocycles. The topological polar surface area (TPSA) is 73.1 Å². The summed E-state index contributed by atoms with van der Waals surface area (Å²) in [6.45, 7) is 5.42. The molecule has 0 radical (unpaired) electrons. The second kappa shape index (κ2) is 8.47. The van der Waals surface area contributed by atoms with Crippen LogP contribution < -0.4 is 4.90 Å². The summed E-state index contributed by atoms with van der Waals surface area (Å²) in [4.78, 5) is 26.8. The van der Waals surface area contributed by atoms with Gasteiger partial charge in [0.2, 0.25) is 5.91 Å². The Morgan fingerprint density at radius 2 is 1.85 bits per heavy atom. The normalized spacial score (nSPS) is 18.0. The summed E-state index contributed by atoms with van der Waals surface area (Å²) in [6.07, 6.45) is 3.25. The average Bonchev–Trinajstić information content (AvgIpc) is 3.58. The number of nitriles is 1. The maximum atomic E-state index is 12.6. The number of para-hydroxylation sites is 2. The number of amides is 1. The first-order valence-electron chi connectivity index (χ1n) is 11.8. The number of carbonyl (C=O) groups excluding carboxylic acids is 1. The van der Waals surface area contributed by atoms with E-state index in [1.165, 1.54) is 18.4 Å². The summed E-state index contributed by atoms with van der Waals surface area (Å²) in [5, 5.41) is 9.65. The zero-order chi connectivity index (χ0) is 23.1. The number of benzene rings is 2. The van der Waals surface area contributed by atoms with Crippen molar-refractivity contribution in [3.05, 3.63) is 53.6 Å². The summed E-state index contributed by atoms with van der Waals surface area (Å²) in [6, 6.07) is 16.5. The second-order valence-electron chi connectivity index (χ2n) is 9.61. The van der Waals surface area contributed by atoms with Gasteiger partial charge < -0.3 is 9.80 Å². The third-order valence-corrected chi connectivity index (χ3v) is 6.81. The summed E-state index contributed by atoms with van der Waals surface area (Å²) in [5.74, 6) is 1.52. The molecule has 3 aromatic rings. The van der Waals surface area contributed by atoms with Crippen LogP contribution in [0.15, 0.2) is 42.5 Å². The molecule has 1 aromatic heterocycles. The van der Waals surface area contributed by atoms with E-state index < -0.39 is 0 Å². The molecule has 1 aliphatic carbocycles. The van der Waals surface area contributed by atoms with Gasteiger partial charge in [-0.3, -0.25) is 4.79 Å². The molecule has 6 heteroatoms. The van der Waals surface area contributed by atoms with Crippen molar-refractivity contribution in [3.8, 4) is 17.3 Å². The standard InChI is InChI=1S/C27H29N5O/c1-17(2)27(33)31(3)22-10-11-32(16-22)26-25(29-23-6-4-5-7-24(23)30-26)21-13-18(15-28)12-20(14-21)19-8-9-19/h4-7,12-14,17,19,22H,8-11,16H2,1-3H3/t22-/m0/s1. The monoisotopic (exact) mass is 439 g/mol. The first-order valence-corrected chi connectivity index (χ1v) is 11.8. The molecule has 6 nitrogen and oxygen atoms in total. The van der Waals surface area contributed by atoms with E-state index in [4.69, 9.17) is 9.97 Å². The summed E-state index contributed by atoms with van der Waals surface area (Å²) in [5.41, 5.74) is 5.33. The van der Waals surface area contributed by atoms with E-state index in [0.717, 1.165) is 47.6 Å². The Bertz CT molecular complexity index is 1260. The molecule has 1 atom stereocenters. The van der Waals surface area contributed by atoms with Gasteiger partial charge in [0, 0.05) is 31.6 Å². The number of aromatic nitrogens is 2. The minimum Gasteiger partial charge on any atom is -0.353 e. The predicted octanol–water partition coefficient (Wildman–Crippen LogP) is 4.74. The van der Waals surface area contributed by atoms with Crippen molar-refractivity contribution in [2.45, 2.75) is 45.1 Å². The van der Waals surface area contributed by atoms with Gasteiger partial charge in [0.05, 0.1) is 28.7 Å². The fraction of sp³-hybridized carbons (Fsp3) is 0.407. The molecule has 0 unspecified atom stereocenters. The van der Waals surface area contributed by atoms with Crippen molar-refractivity contribution in [1.29, 1.82) is 5.26 Å². The Morgan fingerprint density at radius 1 is 1.12 bits per heavy atom. The molecule has 0 N–H and O–H groups in total. The lowest BCUT2D eigenvalue weighted by atomic mass is 10.0. The van der Waals surface area contributed by atoms with Crippen LogP contribution in [0.4, 0.5) is 5.82 Å². The fourth-order valence-electron chi connectivity index (χ4n) is 4.75. The molecule has 33 heavy (non-hydrogen) atoms. The lowest BCUT2D eigenvalue weighted by Crippen LogP contribution is -2.41. The third kappa shape index (κ3) is 4.16. The molecule has 1 amide bonds. The number of hydrogen-bond donors (Lipinski definition) is 0. The van der Waals surface area contributed by atoms with E-state index in [1.807, 2.05) is 62.2 Å². The van der Waals surface area contributed by atoms with E-state index in [2.05, 4.69) is 17.0 Å². The Kier molecular flexibility index (Phi) is 5.49. The maximum absolute atomic E-state index is 12.6. The minimum absolute atomic E-state index is 0.0189. The average molecular weight is 440 g/mol. The van der Waals surface area contributed by atoms with E-state index in [0.29, 0.717) is 11.5 Å². The number of hydrogen-bond acceptors (Lipinski definition) is 5. The summed E-state index contributed by atoms with van der Waals surface area (Å²) >= 11 is 0. The molecule has 0 spiro atoms. The number of rotatable bonds is 5. The van der Waals surface area contributed by atoms with Gasteiger partial charge in [-0.2, -0.15) is 5.26 Å². The Morgan fingerprint density at radius 3 is 2.52 bits per heavy atom. The molecule has 2 aliphatic rings. The van der Waals surface area contributed by atoms with Gasteiger partial charge in [0.25, 0.3) is 0 Å². The van der Waals surface area contributed by atoms with Crippen molar-refractivity contribution in [2.75, 3.05) is 25.0 Å². The van der Waals surface area contributed by atoms with Gasteiger partial charge >= 0.3 is 0 Å². The molecular formula is C27H29N5O. The van der Waals surface area contributed by atoms with E-state index in [1.54, 1.807) is 0 Å². The second-order valence-corrected chi connectivity index (χ2v) is 9.61. The van der Waals surface area contributed by atoms with Crippen LogP contribution in [-0.2, 0) is 4.79 Å². The van der Waals surface area contributed by atoms with Crippen LogP contribution in [0.5, 0.6) is 0 Å². The Labute approximate surface area is 194 Å². The van der Waals surface area contributed by atoms with Crippen molar-refractivity contribution >= 4 is 22.8 Å². The fourth-order valence-corrected chi connectivity index (χ4v) is 4.75. The van der Waals surface area contributed by atoms with Crippen LogP contribution in [0.2, 0.25) is 0 Å². The van der Waals surface area contributed by atoms with Gasteiger partial charge in [-0.25, -0.2) is 9.97 Å². The highest BCUT2D eigenvalue weighted by Crippen LogP contribution is 2.42. The molecule has 2 aromatic carbocycles. The maximum Gasteiger partial charge on any atom is 0.225 e. The van der Waals surface area contributed by atoms with Crippen LogP contribution in [0, 0.1) is 17.2 Å². The van der Waals surface area contributed by atoms with Crippen LogP contribution in [-0.4, -0.2) is 47.0 Å². The van der Waals surface area contributed by atoms with Crippen LogP contribution in [0.3, 0.4) is 0 Å². The lowest BCUT2D eigenvalue weighted by molar-refractivity contribution is -0.134. The molecule has 5 rings (SSSR count). The highest BCUT2D eigenvalue weighted by molar-refractivity contribution is 5.84. The van der Waals surface area contributed by atoms with Gasteiger partial charge in [0.15, 0.2) is 5.82 Å². The highest BCUT2D eigenvalue weighted by Gasteiger charge is 2.32. The van der Waals surface area contributed by atoms with E-state index >= 15 is 0 Å². The number of fused-ring (bicyclic) bond motifs is 1. The SMILES string of the molecule is CC(C)C(=O)N(C)[C@H]1CCN(c2nc3ccccc3nc2-c2cc(C#N)cc(C3CC3)c2)C1. The first kappa shape index (κ1) is 21.4. The number of carbonyl (C=O) groups is 1. The molecule has 168 valence electrons. The van der Waals surface area contributed by atoms with Gasteiger partial charge in [-0.15, -0.1) is 0 Å². The smallest absolute Gasteiger partial charge is 0.225 e. The molecule has 1 aliphatic heterocycles. The first-order chi connectivity index (χ1) is 15.9. The quantitative estimate of drug-likeness (QED) is 0.574. The Balaban J connectivity index is 1.57. The summed E-state index contributed by atoms with van der Waals surface area (Å²) in [7, 11) is 1.90. The largest absolute Gasteiger partial charge is 0.353 e. The molecule has 0 bridgehead atoms. The zero-order valence-electron chi connectivity index (χ0n) is 19.5. The van der Waals surface area contributed by atoms with Gasteiger partial charge in [-0.05, 0) is 61.1 Å². The van der Waals surface area contributed by atoms with Crippen molar-refractivity contribution in [1.82, 2.24) is 14.9 Å². The zero-order valence-corrected chi connectivity index (χ0v) is 19.5. The lowest BCUT2D eigenvalue weighted by Gasteiger charge is -2.27. The molecule has 1 saturated carbocycles. The van der Waals surface area contributed by atoms with Crippen LogP contribution in [0.25, 0.3) is 22.3 Å². The van der Waals surface area contributed by atoms with Crippen molar-refractivity contribution in [2.24, 2.45) is 5.92 Å². The van der Waals surface area contributed by atoms with E-state index in [-0.39, 0.29) is 17.9 Å². The summed E-state index contributed by atoms with van der Waals surface area (Å²) < 4.78 is 0. The molecular weight excluding hydrogens is 410 g/mol. The van der Waals surface area contributed by atoms with Crippen LogP contribution in [0.1, 0.15) is 50.2 Å². The van der Waals surface area contributed by atoms with Crippen molar-refractivity contribution in [3.63, 3.8) is 0 Å². The van der Waals surface area contributed by atoms with Gasteiger partial charge in [-0.1, -0.05) is 26.0 Å². The minimum atomic E-state index is -0.0189. The third-order valence-electron chi connectivity index (χ3n) is 6.81. The number of anilines is 1. The number of nitrogens with zero attached hydrogens (tertiary/aromatic N) is 5. The van der Waals surface area contributed by atoms with E-state index in [9.17, 15) is 10.1 Å². The highest BCUT2D eigenvalue weighted by atomic mass is 16.2. The predicted molar refractivity (Wildman–Crippen MR) is 130 cm³/mol.